The number of aliphatic carboxylic acids is 1. The van der Waals surface area contributed by atoms with Gasteiger partial charge in [0.25, 0.3) is 0 Å². The van der Waals surface area contributed by atoms with Crippen LogP contribution in [0, 0.1) is 5.41 Å². The van der Waals surface area contributed by atoms with E-state index in [1.807, 2.05) is 0 Å². The Kier molecular flexibility index (Phi) is 6.62. The monoisotopic (exact) mass is 272 g/mol. The minimum Gasteiger partial charge on any atom is -0.481 e. The van der Waals surface area contributed by atoms with Crippen molar-refractivity contribution in [3.05, 3.63) is 0 Å². The highest BCUT2D eigenvalue weighted by Crippen LogP contribution is 2.37. The van der Waals surface area contributed by atoms with Crippen molar-refractivity contribution in [1.29, 1.82) is 0 Å². The van der Waals surface area contributed by atoms with Gasteiger partial charge in [0, 0.05) is 26.8 Å². The zero-order valence-electron chi connectivity index (χ0n) is 11.5. The van der Waals surface area contributed by atoms with Crippen LogP contribution in [0.4, 0.5) is 4.79 Å². The van der Waals surface area contributed by atoms with Gasteiger partial charge in [0.05, 0.1) is 5.41 Å². The van der Waals surface area contributed by atoms with Gasteiger partial charge in [-0.1, -0.05) is 12.8 Å². The summed E-state index contributed by atoms with van der Waals surface area (Å²) in [7, 11) is 1.65. The Hall–Kier alpha value is -1.30. The molecule has 110 valence electrons. The van der Waals surface area contributed by atoms with Crippen molar-refractivity contribution in [1.82, 2.24) is 10.6 Å². The number of carboxylic acid groups (broad SMARTS) is 1. The van der Waals surface area contributed by atoms with Crippen LogP contribution in [0.25, 0.3) is 0 Å². The van der Waals surface area contributed by atoms with Gasteiger partial charge in [-0.3, -0.25) is 4.79 Å². The predicted octanol–water partition coefficient (Wildman–Crippen LogP) is 1.36. The quantitative estimate of drug-likeness (QED) is 0.582. The van der Waals surface area contributed by atoms with Crippen LogP contribution in [0.1, 0.15) is 38.5 Å². The molecule has 0 aromatic heterocycles. The molecule has 0 radical (unpaired) electrons. The number of carbonyl (C=O) groups excluding carboxylic acids is 1. The van der Waals surface area contributed by atoms with Crippen molar-refractivity contribution in [2.24, 2.45) is 5.41 Å². The number of urea groups is 1. The summed E-state index contributed by atoms with van der Waals surface area (Å²) in [6.45, 7) is 1.48. The van der Waals surface area contributed by atoms with Crippen LogP contribution in [0.2, 0.25) is 0 Å². The summed E-state index contributed by atoms with van der Waals surface area (Å²) in [4.78, 5) is 22.8. The molecule has 1 rings (SSSR count). The number of unbranched alkanes of at least 4 members (excludes halogenated alkanes) is 1. The van der Waals surface area contributed by atoms with Gasteiger partial charge in [-0.05, 0) is 25.7 Å². The number of carbonyl (C=O) groups is 2. The van der Waals surface area contributed by atoms with E-state index in [1.54, 1.807) is 7.11 Å². The topological polar surface area (TPSA) is 87.7 Å². The minimum atomic E-state index is -0.801. The molecule has 3 N–H and O–H groups in total. The Morgan fingerprint density at radius 3 is 2.47 bits per heavy atom. The van der Waals surface area contributed by atoms with Crippen LogP contribution in [-0.2, 0) is 9.53 Å². The lowest BCUT2D eigenvalue weighted by Gasteiger charge is -2.24. The molecule has 19 heavy (non-hydrogen) atoms. The second kappa shape index (κ2) is 7.99. The third kappa shape index (κ3) is 5.06. The van der Waals surface area contributed by atoms with Crippen molar-refractivity contribution in [3.63, 3.8) is 0 Å². The molecule has 0 saturated heterocycles. The number of ether oxygens (including phenoxy) is 1. The summed E-state index contributed by atoms with van der Waals surface area (Å²) in [5.74, 6) is -0.801. The number of rotatable bonds is 8. The zero-order chi connectivity index (χ0) is 14.1. The highest BCUT2D eigenvalue weighted by Gasteiger charge is 2.41. The van der Waals surface area contributed by atoms with Crippen LogP contribution in [-0.4, -0.2) is 43.9 Å². The highest BCUT2D eigenvalue weighted by molar-refractivity contribution is 5.78. The number of nitrogens with one attached hydrogen (secondary N) is 2. The van der Waals surface area contributed by atoms with Crippen LogP contribution >= 0.6 is 0 Å². The molecule has 1 aliphatic rings. The number of amides is 2. The Bertz CT molecular complexity index is 301. The predicted molar refractivity (Wildman–Crippen MR) is 71.0 cm³/mol. The fourth-order valence-electron chi connectivity index (χ4n) is 2.40. The normalized spacial score (nSPS) is 17.1. The molecule has 0 aromatic rings. The molecule has 1 fully saturated rings. The maximum Gasteiger partial charge on any atom is 0.314 e. The Morgan fingerprint density at radius 1 is 1.21 bits per heavy atom. The van der Waals surface area contributed by atoms with Gasteiger partial charge in [-0.15, -0.1) is 0 Å². The minimum absolute atomic E-state index is 0.215. The number of hydrogen-bond acceptors (Lipinski definition) is 3. The van der Waals surface area contributed by atoms with Gasteiger partial charge in [0.15, 0.2) is 0 Å². The first-order chi connectivity index (χ1) is 9.10. The van der Waals surface area contributed by atoms with Crippen LogP contribution in [0.5, 0.6) is 0 Å². The molecule has 2 amide bonds. The van der Waals surface area contributed by atoms with Gasteiger partial charge >= 0.3 is 12.0 Å². The van der Waals surface area contributed by atoms with Gasteiger partial charge in [-0.25, -0.2) is 4.79 Å². The summed E-state index contributed by atoms with van der Waals surface area (Å²) in [5, 5.41) is 14.7. The van der Waals surface area contributed by atoms with E-state index in [1.165, 1.54) is 0 Å². The molecule has 0 spiro atoms. The molecule has 0 heterocycles. The highest BCUT2D eigenvalue weighted by atomic mass is 16.5. The third-order valence-electron chi connectivity index (χ3n) is 3.66. The number of methoxy groups -OCH3 is 1. The molecular weight excluding hydrogens is 248 g/mol. The second-order valence-corrected chi connectivity index (χ2v) is 5.10. The van der Waals surface area contributed by atoms with Crippen LogP contribution < -0.4 is 10.6 Å². The Balaban J connectivity index is 2.20. The van der Waals surface area contributed by atoms with Gasteiger partial charge in [-0.2, -0.15) is 0 Å². The largest absolute Gasteiger partial charge is 0.481 e. The van der Waals surface area contributed by atoms with Crippen molar-refractivity contribution in [2.45, 2.75) is 38.5 Å². The maximum absolute atomic E-state index is 11.6. The fraction of sp³-hybridized carbons (Fsp3) is 0.846. The summed E-state index contributed by atoms with van der Waals surface area (Å²) in [6, 6.07) is -0.287. The van der Waals surface area contributed by atoms with E-state index in [2.05, 4.69) is 10.6 Å². The Morgan fingerprint density at radius 2 is 1.89 bits per heavy atom. The summed E-state index contributed by atoms with van der Waals surface area (Å²) in [6.07, 6.45) is 4.90. The van der Waals surface area contributed by atoms with E-state index in [-0.39, 0.29) is 12.6 Å². The smallest absolute Gasteiger partial charge is 0.314 e. The Labute approximate surface area is 113 Å². The zero-order valence-corrected chi connectivity index (χ0v) is 11.5. The first-order valence-corrected chi connectivity index (χ1v) is 6.85. The number of carboxylic acids is 1. The summed E-state index contributed by atoms with van der Waals surface area (Å²) >= 11 is 0. The third-order valence-corrected chi connectivity index (χ3v) is 3.66. The maximum atomic E-state index is 11.6. The van der Waals surface area contributed by atoms with E-state index in [4.69, 9.17) is 4.74 Å². The SMILES string of the molecule is COCCCCNC(=O)NCC1(C(=O)O)CCCC1. The van der Waals surface area contributed by atoms with Crippen molar-refractivity contribution in [3.8, 4) is 0 Å². The fourth-order valence-corrected chi connectivity index (χ4v) is 2.40. The standard InChI is InChI=1S/C13H24N2O4/c1-19-9-5-4-8-14-12(18)15-10-13(11(16)17)6-2-3-7-13/h2-10H2,1H3,(H,16,17)(H2,14,15,18). The van der Waals surface area contributed by atoms with E-state index in [9.17, 15) is 14.7 Å². The van der Waals surface area contributed by atoms with E-state index < -0.39 is 11.4 Å². The first-order valence-electron chi connectivity index (χ1n) is 6.85. The molecule has 1 saturated carbocycles. The first kappa shape index (κ1) is 15.8. The lowest BCUT2D eigenvalue weighted by Crippen LogP contribution is -2.45. The van der Waals surface area contributed by atoms with E-state index >= 15 is 0 Å². The lowest BCUT2D eigenvalue weighted by atomic mass is 9.86. The molecule has 0 unspecified atom stereocenters. The van der Waals surface area contributed by atoms with E-state index in [0.717, 1.165) is 25.7 Å². The van der Waals surface area contributed by atoms with Gasteiger partial charge in [0.1, 0.15) is 0 Å². The average Bonchev–Trinajstić information content (AvgIpc) is 2.86. The van der Waals surface area contributed by atoms with Crippen LogP contribution in [0.15, 0.2) is 0 Å². The summed E-state index contributed by atoms with van der Waals surface area (Å²) in [5.41, 5.74) is -0.757. The van der Waals surface area contributed by atoms with Crippen molar-refractivity contribution >= 4 is 12.0 Å². The second-order valence-electron chi connectivity index (χ2n) is 5.10. The molecule has 6 heteroatoms. The number of hydrogen-bond donors (Lipinski definition) is 3. The molecular formula is C13H24N2O4. The van der Waals surface area contributed by atoms with Crippen LogP contribution in [0.3, 0.4) is 0 Å². The average molecular weight is 272 g/mol. The summed E-state index contributed by atoms with van der Waals surface area (Å²) < 4.78 is 4.91. The lowest BCUT2D eigenvalue weighted by molar-refractivity contribution is -0.148. The molecule has 0 aliphatic heterocycles. The molecule has 0 atom stereocenters. The molecule has 6 nitrogen and oxygen atoms in total. The van der Waals surface area contributed by atoms with Crippen molar-refractivity contribution < 1.29 is 19.4 Å². The van der Waals surface area contributed by atoms with Crippen molar-refractivity contribution in [2.75, 3.05) is 26.8 Å². The van der Waals surface area contributed by atoms with Gasteiger partial charge < -0.3 is 20.5 Å². The molecule has 1 aliphatic carbocycles. The van der Waals surface area contributed by atoms with E-state index in [0.29, 0.717) is 26.0 Å². The van der Waals surface area contributed by atoms with Gasteiger partial charge in [0.2, 0.25) is 0 Å². The molecule has 0 bridgehead atoms. The molecule has 0 aromatic carbocycles.